The molecule has 108 valence electrons. The van der Waals surface area contributed by atoms with Crippen LogP contribution in [0, 0.1) is 12.8 Å². The van der Waals surface area contributed by atoms with Crippen LogP contribution in [0.15, 0.2) is 18.2 Å². The minimum absolute atomic E-state index is 0.274. The maximum absolute atomic E-state index is 12.3. The van der Waals surface area contributed by atoms with Gasteiger partial charge >= 0.3 is 5.97 Å². The molecule has 1 fully saturated rings. The highest BCUT2D eigenvalue weighted by Gasteiger charge is 2.34. The lowest BCUT2D eigenvalue weighted by atomic mass is 10.0. The van der Waals surface area contributed by atoms with Gasteiger partial charge in [-0.1, -0.05) is 18.1 Å². The number of carbonyl (C=O) groups is 2. The van der Waals surface area contributed by atoms with E-state index in [0.29, 0.717) is 24.2 Å². The molecule has 5 nitrogen and oxygen atoms in total. The fraction of sp³-hybridized carbons (Fsp3) is 0.467. The van der Waals surface area contributed by atoms with Gasteiger partial charge in [0.2, 0.25) is 0 Å². The van der Waals surface area contributed by atoms with Crippen LogP contribution in [0.5, 0.6) is 5.75 Å². The van der Waals surface area contributed by atoms with Gasteiger partial charge in [0.1, 0.15) is 5.75 Å². The van der Waals surface area contributed by atoms with Crippen molar-refractivity contribution in [1.82, 2.24) is 5.32 Å². The van der Waals surface area contributed by atoms with Gasteiger partial charge in [-0.25, -0.2) is 0 Å². The molecular weight excluding hydrogens is 258 g/mol. The number of methoxy groups -OCH3 is 1. The van der Waals surface area contributed by atoms with Crippen molar-refractivity contribution < 1.29 is 19.4 Å². The second kappa shape index (κ2) is 5.94. The van der Waals surface area contributed by atoms with Crippen LogP contribution in [0.25, 0.3) is 0 Å². The molecule has 1 aromatic rings. The second-order valence-corrected chi connectivity index (χ2v) is 5.16. The SMILES string of the molecule is COc1ccc(C)cc1C(=O)NC1CCCC1C(=O)O. The van der Waals surface area contributed by atoms with Crippen LogP contribution in [0.1, 0.15) is 35.2 Å². The van der Waals surface area contributed by atoms with Crippen LogP contribution in [0.4, 0.5) is 0 Å². The van der Waals surface area contributed by atoms with E-state index in [0.717, 1.165) is 12.0 Å². The number of nitrogens with one attached hydrogen (secondary N) is 1. The molecule has 1 amide bonds. The number of hydrogen-bond donors (Lipinski definition) is 2. The first kappa shape index (κ1) is 14.4. The molecule has 2 N–H and O–H groups in total. The Hall–Kier alpha value is -2.04. The van der Waals surface area contributed by atoms with Crippen molar-refractivity contribution in [3.05, 3.63) is 29.3 Å². The summed E-state index contributed by atoms with van der Waals surface area (Å²) in [5, 5.41) is 12.0. The fourth-order valence-corrected chi connectivity index (χ4v) is 2.67. The molecule has 5 heteroatoms. The van der Waals surface area contributed by atoms with Gasteiger partial charge in [0.15, 0.2) is 0 Å². The lowest BCUT2D eigenvalue weighted by Crippen LogP contribution is -2.40. The summed E-state index contributed by atoms with van der Waals surface area (Å²) in [5.74, 6) is -1.11. The van der Waals surface area contributed by atoms with Crippen LogP contribution in [0.3, 0.4) is 0 Å². The monoisotopic (exact) mass is 277 g/mol. The van der Waals surface area contributed by atoms with Crippen molar-refractivity contribution in [2.75, 3.05) is 7.11 Å². The van der Waals surface area contributed by atoms with Crippen LogP contribution >= 0.6 is 0 Å². The summed E-state index contributed by atoms with van der Waals surface area (Å²) in [5.41, 5.74) is 1.40. The summed E-state index contributed by atoms with van der Waals surface area (Å²) in [6.45, 7) is 1.89. The Kier molecular flexibility index (Phi) is 4.27. The number of aliphatic carboxylic acids is 1. The molecule has 0 heterocycles. The summed E-state index contributed by atoms with van der Waals surface area (Å²) >= 11 is 0. The number of carbonyl (C=O) groups excluding carboxylic acids is 1. The summed E-state index contributed by atoms with van der Waals surface area (Å²) in [7, 11) is 1.51. The highest BCUT2D eigenvalue weighted by molar-refractivity contribution is 5.97. The molecule has 1 saturated carbocycles. The molecule has 0 spiro atoms. The quantitative estimate of drug-likeness (QED) is 0.882. The third kappa shape index (κ3) is 2.92. The molecular formula is C15H19NO4. The van der Waals surface area contributed by atoms with E-state index >= 15 is 0 Å². The van der Waals surface area contributed by atoms with Gasteiger partial charge in [-0.05, 0) is 31.9 Å². The first-order chi connectivity index (χ1) is 9.52. The van der Waals surface area contributed by atoms with Gasteiger partial charge in [0, 0.05) is 6.04 Å². The molecule has 0 bridgehead atoms. The van der Waals surface area contributed by atoms with Crippen molar-refractivity contribution in [1.29, 1.82) is 0 Å². The minimum atomic E-state index is -0.844. The highest BCUT2D eigenvalue weighted by atomic mass is 16.5. The van der Waals surface area contributed by atoms with Gasteiger partial charge in [-0.15, -0.1) is 0 Å². The smallest absolute Gasteiger partial charge is 0.308 e. The molecule has 2 rings (SSSR count). The third-order valence-electron chi connectivity index (χ3n) is 3.75. The van der Waals surface area contributed by atoms with E-state index in [1.165, 1.54) is 7.11 Å². The number of amides is 1. The zero-order valence-corrected chi connectivity index (χ0v) is 11.7. The van der Waals surface area contributed by atoms with Crippen LogP contribution in [-0.4, -0.2) is 30.1 Å². The van der Waals surface area contributed by atoms with Crippen LogP contribution < -0.4 is 10.1 Å². The van der Waals surface area contributed by atoms with E-state index in [2.05, 4.69) is 5.32 Å². The predicted molar refractivity (Wildman–Crippen MR) is 74.0 cm³/mol. The van der Waals surface area contributed by atoms with Gasteiger partial charge in [-0.2, -0.15) is 0 Å². The Morgan fingerprint density at radius 1 is 1.35 bits per heavy atom. The third-order valence-corrected chi connectivity index (χ3v) is 3.75. The average Bonchev–Trinajstić information content (AvgIpc) is 2.87. The number of benzene rings is 1. The lowest BCUT2D eigenvalue weighted by molar-refractivity contribution is -0.142. The van der Waals surface area contributed by atoms with Crippen molar-refractivity contribution in [2.24, 2.45) is 5.92 Å². The van der Waals surface area contributed by atoms with Gasteiger partial charge in [0.25, 0.3) is 5.91 Å². The molecule has 1 aliphatic carbocycles. The molecule has 0 radical (unpaired) electrons. The molecule has 2 atom stereocenters. The van der Waals surface area contributed by atoms with Gasteiger partial charge < -0.3 is 15.2 Å². The average molecular weight is 277 g/mol. The maximum atomic E-state index is 12.3. The van der Waals surface area contributed by atoms with E-state index in [4.69, 9.17) is 9.84 Å². The summed E-state index contributed by atoms with van der Waals surface area (Å²) in [6, 6.07) is 5.06. The van der Waals surface area contributed by atoms with E-state index in [1.54, 1.807) is 12.1 Å². The number of ether oxygens (including phenoxy) is 1. The Bertz CT molecular complexity index is 527. The van der Waals surface area contributed by atoms with Gasteiger partial charge in [0.05, 0.1) is 18.6 Å². The number of rotatable bonds is 4. The maximum Gasteiger partial charge on any atom is 0.308 e. The molecule has 1 aliphatic rings. The van der Waals surface area contributed by atoms with E-state index in [9.17, 15) is 9.59 Å². The fourth-order valence-electron chi connectivity index (χ4n) is 2.67. The van der Waals surface area contributed by atoms with Crippen molar-refractivity contribution in [2.45, 2.75) is 32.2 Å². The van der Waals surface area contributed by atoms with E-state index < -0.39 is 11.9 Å². The standard InChI is InChI=1S/C15H19NO4/c1-9-6-7-13(20-2)11(8-9)14(17)16-12-5-3-4-10(12)15(18)19/h6-8,10,12H,3-5H2,1-2H3,(H,16,17)(H,18,19). The largest absolute Gasteiger partial charge is 0.496 e. The molecule has 2 unspecified atom stereocenters. The second-order valence-electron chi connectivity index (χ2n) is 5.16. The van der Waals surface area contributed by atoms with Crippen molar-refractivity contribution in [3.8, 4) is 5.75 Å². The number of carboxylic acid groups (broad SMARTS) is 1. The summed E-state index contributed by atoms with van der Waals surface area (Å²) < 4.78 is 5.18. The van der Waals surface area contributed by atoms with E-state index in [1.807, 2.05) is 13.0 Å². The number of hydrogen-bond acceptors (Lipinski definition) is 3. The first-order valence-corrected chi connectivity index (χ1v) is 6.71. The molecule has 0 saturated heterocycles. The predicted octanol–water partition coefficient (Wildman–Crippen LogP) is 1.99. The summed E-state index contributed by atoms with van der Waals surface area (Å²) in [6.07, 6.45) is 2.15. The Labute approximate surface area is 117 Å². The van der Waals surface area contributed by atoms with Crippen molar-refractivity contribution in [3.63, 3.8) is 0 Å². The normalized spacial score (nSPS) is 21.5. The lowest BCUT2D eigenvalue weighted by Gasteiger charge is -2.18. The number of aryl methyl sites for hydroxylation is 1. The minimum Gasteiger partial charge on any atom is -0.496 e. The molecule has 0 aromatic heterocycles. The topological polar surface area (TPSA) is 75.6 Å². The van der Waals surface area contributed by atoms with E-state index in [-0.39, 0.29) is 11.9 Å². The van der Waals surface area contributed by atoms with Crippen LogP contribution in [0.2, 0.25) is 0 Å². The Morgan fingerprint density at radius 2 is 2.10 bits per heavy atom. The van der Waals surface area contributed by atoms with Gasteiger partial charge in [-0.3, -0.25) is 9.59 Å². The molecule has 0 aliphatic heterocycles. The zero-order valence-electron chi connectivity index (χ0n) is 11.7. The number of carboxylic acids is 1. The Balaban J connectivity index is 2.16. The van der Waals surface area contributed by atoms with Crippen LogP contribution in [-0.2, 0) is 4.79 Å². The summed E-state index contributed by atoms with van der Waals surface area (Å²) in [4.78, 5) is 23.4. The van der Waals surface area contributed by atoms with Crippen molar-refractivity contribution >= 4 is 11.9 Å². The Morgan fingerprint density at radius 3 is 2.75 bits per heavy atom. The first-order valence-electron chi connectivity index (χ1n) is 6.71. The zero-order chi connectivity index (χ0) is 14.7. The highest BCUT2D eigenvalue weighted by Crippen LogP contribution is 2.27. The molecule has 20 heavy (non-hydrogen) atoms. The molecule has 1 aromatic carbocycles.